The van der Waals surface area contributed by atoms with E-state index < -0.39 is 18.2 Å². The summed E-state index contributed by atoms with van der Waals surface area (Å²) in [6, 6.07) is 5.00. The number of rotatable bonds is 5. The third kappa shape index (κ3) is 2.67. The topological polar surface area (TPSA) is 103 Å². The van der Waals surface area contributed by atoms with Crippen LogP contribution in [0.1, 0.15) is 28.4 Å². The first kappa shape index (κ1) is 14.5. The van der Waals surface area contributed by atoms with Gasteiger partial charge in [0.1, 0.15) is 6.10 Å². The van der Waals surface area contributed by atoms with Crippen molar-refractivity contribution in [3.63, 3.8) is 0 Å². The maximum Gasteiger partial charge on any atom is 0.340 e. The van der Waals surface area contributed by atoms with Crippen LogP contribution in [0.2, 0.25) is 0 Å². The SMILES string of the molecule is COC(=O)c1c[nH]c2ccc(C(O)C(O)CCO)cc12. The minimum atomic E-state index is -1.12. The lowest BCUT2D eigenvalue weighted by Gasteiger charge is -2.17. The van der Waals surface area contributed by atoms with E-state index in [-0.39, 0.29) is 13.0 Å². The van der Waals surface area contributed by atoms with E-state index in [0.717, 1.165) is 5.52 Å². The molecular weight excluding hydrogens is 262 g/mol. The second kappa shape index (κ2) is 6.04. The van der Waals surface area contributed by atoms with Crippen molar-refractivity contribution >= 4 is 16.9 Å². The summed E-state index contributed by atoms with van der Waals surface area (Å²) in [4.78, 5) is 14.6. The third-order valence-electron chi connectivity index (χ3n) is 3.24. The molecule has 1 aromatic heterocycles. The summed E-state index contributed by atoms with van der Waals surface area (Å²) in [6.45, 7) is -0.210. The number of H-pyrrole nitrogens is 1. The Morgan fingerprint density at radius 1 is 1.40 bits per heavy atom. The van der Waals surface area contributed by atoms with Crippen LogP contribution < -0.4 is 0 Å². The van der Waals surface area contributed by atoms with E-state index in [1.54, 1.807) is 18.2 Å². The lowest BCUT2D eigenvalue weighted by atomic mass is 10.00. The number of benzene rings is 1. The Hall–Kier alpha value is -1.89. The molecule has 0 radical (unpaired) electrons. The Morgan fingerprint density at radius 2 is 2.15 bits per heavy atom. The van der Waals surface area contributed by atoms with Gasteiger partial charge in [-0.2, -0.15) is 0 Å². The lowest BCUT2D eigenvalue weighted by Crippen LogP contribution is -2.19. The van der Waals surface area contributed by atoms with Crippen molar-refractivity contribution in [2.24, 2.45) is 0 Å². The van der Waals surface area contributed by atoms with E-state index >= 15 is 0 Å². The molecule has 0 bridgehead atoms. The first-order valence-corrected chi connectivity index (χ1v) is 6.24. The van der Waals surface area contributed by atoms with Crippen LogP contribution >= 0.6 is 0 Å². The van der Waals surface area contributed by atoms with Crippen LogP contribution in [0, 0.1) is 0 Å². The van der Waals surface area contributed by atoms with Crippen molar-refractivity contribution < 1.29 is 24.9 Å². The first-order valence-electron chi connectivity index (χ1n) is 6.24. The van der Waals surface area contributed by atoms with Gasteiger partial charge in [-0.1, -0.05) is 6.07 Å². The number of carbonyl (C=O) groups is 1. The molecule has 108 valence electrons. The van der Waals surface area contributed by atoms with E-state index in [2.05, 4.69) is 9.72 Å². The molecule has 4 N–H and O–H groups in total. The summed E-state index contributed by atoms with van der Waals surface area (Å²) >= 11 is 0. The zero-order valence-electron chi connectivity index (χ0n) is 11.0. The van der Waals surface area contributed by atoms with Crippen molar-refractivity contribution in [2.45, 2.75) is 18.6 Å². The number of aliphatic hydroxyl groups is 3. The van der Waals surface area contributed by atoms with Gasteiger partial charge in [-0.15, -0.1) is 0 Å². The fourth-order valence-electron chi connectivity index (χ4n) is 2.11. The molecule has 1 heterocycles. The van der Waals surface area contributed by atoms with Gasteiger partial charge in [0.15, 0.2) is 0 Å². The van der Waals surface area contributed by atoms with Gasteiger partial charge in [0.2, 0.25) is 0 Å². The summed E-state index contributed by atoms with van der Waals surface area (Å²) in [5, 5.41) is 29.1. The number of esters is 1. The van der Waals surface area contributed by atoms with Crippen molar-refractivity contribution in [1.82, 2.24) is 4.98 Å². The van der Waals surface area contributed by atoms with E-state index in [1.807, 2.05) is 0 Å². The molecule has 0 aliphatic carbocycles. The molecule has 6 nitrogen and oxygen atoms in total. The van der Waals surface area contributed by atoms with Gasteiger partial charge < -0.3 is 25.0 Å². The average Bonchev–Trinajstić information content (AvgIpc) is 2.88. The normalized spacial score (nSPS) is 14.2. The summed E-state index contributed by atoms with van der Waals surface area (Å²) in [5.74, 6) is -0.473. The van der Waals surface area contributed by atoms with Gasteiger partial charge in [-0.3, -0.25) is 0 Å². The molecule has 0 saturated carbocycles. The summed E-state index contributed by atoms with van der Waals surface area (Å²) in [5.41, 5.74) is 1.58. The Balaban J connectivity index is 2.39. The molecule has 2 atom stereocenters. The number of nitrogens with one attached hydrogen (secondary N) is 1. The molecule has 1 aromatic carbocycles. The Bertz CT molecular complexity index is 607. The molecule has 0 fully saturated rings. The summed E-state index contributed by atoms with van der Waals surface area (Å²) in [7, 11) is 1.30. The van der Waals surface area contributed by atoms with Gasteiger partial charge in [0.05, 0.1) is 18.8 Å². The number of fused-ring (bicyclic) bond motifs is 1. The number of aromatic amines is 1. The standard InChI is InChI=1S/C14H17NO5/c1-20-14(19)10-7-15-11-3-2-8(6-9(10)11)13(18)12(17)4-5-16/h2-3,6-7,12-13,15-18H,4-5H2,1H3. The van der Waals surface area contributed by atoms with Gasteiger partial charge in [0.25, 0.3) is 0 Å². The molecule has 6 heteroatoms. The number of hydrogen-bond acceptors (Lipinski definition) is 5. The fraction of sp³-hybridized carbons (Fsp3) is 0.357. The number of aliphatic hydroxyl groups excluding tert-OH is 3. The maximum absolute atomic E-state index is 11.6. The van der Waals surface area contributed by atoms with Crippen LogP contribution in [0.15, 0.2) is 24.4 Å². The Kier molecular flexibility index (Phi) is 4.39. The van der Waals surface area contributed by atoms with E-state index in [1.165, 1.54) is 13.3 Å². The minimum absolute atomic E-state index is 0.0796. The zero-order valence-corrected chi connectivity index (χ0v) is 11.0. The summed E-state index contributed by atoms with van der Waals surface area (Å²) < 4.78 is 4.69. The molecule has 2 unspecified atom stereocenters. The monoisotopic (exact) mass is 279 g/mol. The van der Waals surface area contributed by atoms with Crippen molar-refractivity contribution in [1.29, 1.82) is 0 Å². The van der Waals surface area contributed by atoms with E-state index in [9.17, 15) is 15.0 Å². The Morgan fingerprint density at radius 3 is 2.80 bits per heavy atom. The van der Waals surface area contributed by atoms with Gasteiger partial charge in [-0.25, -0.2) is 4.79 Å². The van der Waals surface area contributed by atoms with Crippen LogP contribution in [-0.2, 0) is 4.74 Å². The van der Waals surface area contributed by atoms with Crippen molar-refractivity contribution in [2.75, 3.05) is 13.7 Å². The Labute approximate surface area is 115 Å². The number of carbonyl (C=O) groups excluding carboxylic acids is 1. The molecule has 0 saturated heterocycles. The van der Waals surface area contributed by atoms with E-state index in [4.69, 9.17) is 5.11 Å². The maximum atomic E-state index is 11.6. The van der Waals surface area contributed by atoms with Gasteiger partial charge in [0, 0.05) is 23.7 Å². The molecule has 0 aliphatic rings. The molecule has 2 aromatic rings. The second-order valence-corrected chi connectivity index (χ2v) is 4.52. The largest absolute Gasteiger partial charge is 0.465 e. The zero-order chi connectivity index (χ0) is 14.7. The van der Waals surface area contributed by atoms with Gasteiger partial charge >= 0.3 is 5.97 Å². The molecule has 0 amide bonds. The molecular formula is C14H17NO5. The highest BCUT2D eigenvalue weighted by Gasteiger charge is 2.20. The predicted octanol–water partition coefficient (Wildman–Crippen LogP) is 0.731. The first-order chi connectivity index (χ1) is 9.58. The van der Waals surface area contributed by atoms with Crippen LogP contribution in [0.4, 0.5) is 0 Å². The molecule has 2 rings (SSSR count). The third-order valence-corrected chi connectivity index (χ3v) is 3.24. The highest BCUT2D eigenvalue weighted by atomic mass is 16.5. The number of ether oxygens (including phenoxy) is 1. The highest BCUT2D eigenvalue weighted by Crippen LogP contribution is 2.26. The van der Waals surface area contributed by atoms with Crippen LogP contribution in [0.25, 0.3) is 10.9 Å². The summed E-state index contributed by atoms with van der Waals surface area (Å²) in [6.07, 6.45) is -0.558. The smallest absolute Gasteiger partial charge is 0.340 e. The van der Waals surface area contributed by atoms with Crippen LogP contribution in [0.3, 0.4) is 0 Å². The van der Waals surface area contributed by atoms with Crippen LogP contribution in [-0.4, -0.2) is 46.1 Å². The molecule has 0 spiro atoms. The van der Waals surface area contributed by atoms with Crippen LogP contribution in [0.5, 0.6) is 0 Å². The quantitative estimate of drug-likeness (QED) is 0.604. The lowest BCUT2D eigenvalue weighted by molar-refractivity contribution is 0.00429. The number of aromatic nitrogens is 1. The number of methoxy groups -OCH3 is 1. The second-order valence-electron chi connectivity index (χ2n) is 4.52. The average molecular weight is 279 g/mol. The molecule has 0 aliphatic heterocycles. The van der Waals surface area contributed by atoms with Crippen molar-refractivity contribution in [3.05, 3.63) is 35.5 Å². The minimum Gasteiger partial charge on any atom is -0.465 e. The fourth-order valence-corrected chi connectivity index (χ4v) is 2.11. The predicted molar refractivity (Wildman–Crippen MR) is 72.3 cm³/mol. The van der Waals surface area contributed by atoms with Gasteiger partial charge in [-0.05, 0) is 24.1 Å². The van der Waals surface area contributed by atoms with Crippen molar-refractivity contribution in [3.8, 4) is 0 Å². The molecule has 20 heavy (non-hydrogen) atoms. The number of hydrogen-bond donors (Lipinski definition) is 4. The highest BCUT2D eigenvalue weighted by molar-refractivity contribution is 6.04. The van der Waals surface area contributed by atoms with E-state index in [0.29, 0.717) is 16.5 Å².